The maximum Gasteiger partial charge on any atom is 0.207 e. The molecule has 0 N–H and O–H groups in total. The number of Topliss-reactive ketones (excluding diaryl/α,β-unsaturated/α-hetero) is 1. The van der Waals surface area contributed by atoms with E-state index in [1.54, 1.807) is 44.9 Å². The van der Waals surface area contributed by atoms with Crippen molar-refractivity contribution >= 4 is 11.6 Å². The van der Waals surface area contributed by atoms with Crippen LogP contribution in [0.25, 0.3) is 0 Å². The lowest BCUT2D eigenvalue weighted by atomic mass is 9.97. The molecular formula is C11H16N2O2. The average Bonchev–Trinajstić information content (AvgIpc) is 2.10. The van der Waals surface area contributed by atoms with Crippen molar-refractivity contribution in [1.82, 2.24) is 9.80 Å². The Morgan fingerprint density at radius 3 is 1.93 bits per heavy atom. The fourth-order valence-corrected chi connectivity index (χ4v) is 1.63. The van der Waals surface area contributed by atoms with Crippen molar-refractivity contribution in [2.45, 2.75) is 6.92 Å². The zero-order valence-corrected chi connectivity index (χ0v) is 9.79. The molecule has 0 radical (unpaired) electrons. The van der Waals surface area contributed by atoms with E-state index < -0.39 is 0 Å². The number of likely N-dealkylation sites (N-methyl/N-ethyl adjacent to an activating group) is 2. The molecule has 0 unspecified atom stereocenters. The number of hydrogen-bond donors (Lipinski definition) is 0. The van der Waals surface area contributed by atoms with Gasteiger partial charge in [0.1, 0.15) is 0 Å². The van der Waals surface area contributed by atoms with Crippen molar-refractivity contribution in [3.8, 4) is 0 Å². The van der Waals surface area contributed by atoms with E-state index in [1.165, 1.54) is 6.08 Å². The highest BCUT2D eigenvalue weighted by Crippen LogP contribution is 2.21. The van der Waals surface area contributed by atoms with Crippen LogP contribution in [-0.2, 0) is 9.59 Å². The third kappa shape index (κ3) is 1.93. The normalized spacial score (nSPS) is 16.7. The Balaban J connectivity index is 3.20. The van der Waals surface area contributed by atoms with Gasteiger partial charge in [-0.1, -0.05) is 0 Å². The molecule has 0 bridgehead atoms. The summed E-state index contributed by atoms with van der Waals surface area (Å²) in [4.78, 5) is 27.0. The molecule has 82 valence electrons. The highest BCUT2D eigenvalue weighted by Gasteiger charge is 2.27. The number of nitrogens with zero attached hydrogens (tertiary/aromatic N) is 2. The molecule has 0 aromatic heterocycles. The first-order chi connectivity index (χ1) is 6.86. The van der Waals surface area contributed by atoms with Crippen LogP contribution in [0.1, 0.15) is 6.92 Å². The van der Waals surface area contributed by atoms with Gasteiger partial charge < -0.3 is 9.80 Å². The van der Waals surface area contributed by atoms with Gasteiger partial charge in [-0.05, 0) is 6.92 Å². The maximum atomic E-state index is 11.9. The van der Waals surface area contributed by atoms with E-state index in [4.69, 9.17) is 0 Å². The first-order valence-electron chi connectivity index (χ1n) is 4.72. The monoisotopic (exact) mass is 208 g/mol. The van der Waals surface area contributed by atoms with Crippen LogP contribution >= 0.6 is 0 Å². The van der Waals surface area contributed by atoms with Crippen LogP contribution < -0.4 is 0 Å². The van der Waals surface area contributed by atoms with E-state index in [-0.39, 0.29) is 11.6 Å². The second-order valence-electron chi connectivity index (χ2n) is 3.99. The zero-order chi connectivity index (χ0) is 11.7. The Kier molecular flexibility index (Phi) is 2.98. The number of rotatable bonds is 2. The number of allylic oxidation sites excluding steroid dienone is 2. The first-order valence-corrected chi connectivity index (χ1v) is 4.72. The van der Waals surface area contributed by atoms with Crippen LogP contribution in [0.4, 0.5) is 0 Å². The summed E-state index contributed by atoms with van der Waals surface area (Å²) in [5.41, 5.74) is 1.44. The van der Waals surface area contributed by atoms with Crippen LogP contribution in [0, 0.1) is 0 Å². The third-order valence-corrected chi connectivity index (χ3v) is 2.36. The van der Waals surface area contributed by atoms with Crippen LogP contribution in [0.15, 0.2) is 23.0 Å². The lowest BCUT2D eigenvalue weighted by molar-refractivity contribution is -0.117. The quantitative estimate of drug-likeness (QED) is 0.617. The van der Waals surface area contributed by atoms with Gasteiger partial charge in [-0.2, -0.15) is 0 Å². The molecule has 0 amide bonds. The fraction of sp³-hybridized carbons (Fsp3) is 0.455. The number of carbonyl (C=O) groups is 2. The van der Waals surface area contributed by atoms with Gasteiger partial charge in [-0.15, -0.1) is 0 Å². The third-order valence-electron chi connectivity index (χ3n) is 2.36. The van der Waals surface area contributed by atoms with Crippen molar-refractivity contribution < 1.29 is 9.59 Å². The SMILES string of the molecule is CC1=C(N(C)C)C(=O)C=C(N(C)C)C1=O. The van der Waals surface area contributed by atoms with Gasteiger partial charge in [0.15, 0.2) is 0 Å². The fourth-order valence-electron chi connectivity index (χ4n) is 1.63. The predicted octanol–water partition coefficient (Wildman–Crippen LogP) is 0.419. The lowest BCUT2D eigenvalue weighted by Crippen LogP contribution is -2.31. The van der Waals surface area contributed by atoms with E-state index in [1.807, 2.05) is 0 Å². The Labute approximate surface area is 89.8 Å². The van der Waals surface area contributed by atoms with Gasteiger partial charge in [0, 0.05) is 39.8 Å². The highest BCUT2D eigenvalue weighted by molar-refractivity contribution is 6.21. The summed E-state index contributed by atoms with van der Waals surface area (Å²) >= 11 is 0. The zero-order valence-electron chi connectivity index (χ0n) is 9.79. The predicted molar refractivity (Wildman–Crippen MR) is 58.2 cm³/mol. The maximum absolute atomic E-state index is 11.9. The van der Waals surface area contributed by atoms with Crippen molar-refractivity contribution in [1.29, 1.82) is 0 Å². The van der Waals surface area contributed by atoms with Crippen molar-refractivity contribution in [2.24, 2.45) is 0 Å². The molecule has 4 nitrogen and oxygen atoms in total. The van der Waals surface area contributed by atoms with Gasteiger partial charge in [0.25, 0.3) is 0 Å². The van der Waals surface area contributed by atoms with Crippen LogP contribution in [-0.4, -0.2) is 49.6 Å². The topological polar surface area (TPSA) is 40.6 Å². The van der Waals surface area contributed by atoms with E-state index in [0.717, 1.165) is 0 Å². The molecule has 0 aromatic rings. The molecule has 4 heteroatoms. The van der Waals surface area contributed by atoms with E-state index in [2.05, 4.69) is 0 Å². The minimum absolute atomic E-state index is 0.0803. The minimum Gasteiger partial charge on any atom is -0.374 e. The Bertz CT molecular complexity index is 376. The summed E-state index contributed by atoms with van der Waals surface area (Å²) in [6.07, 6.45) is 1.39. The standard InChI is InChI=1S/C11H16N2O2/c1-7-10(13(4)5)9(14)6-8(11(7)15)12(2)3/h6H,1-5H3. The summed E-state index contributed by atoms with van der Waals surface area (Å²) in [7, 11) is 7.03. The Morgan fingerprint density at radius 1 is 1.00 bits per heavy atom. The summed E-state index contributed by atoms with van der Waals surface area (Å²) in [5, 5.41) is 0. The van der Waals surface area contributed by atoms with E-state index in [9.17, 15) is 9.59 Å². The molecule has 1 aliphatic carbocycles. The second kappa shape index (κ2) is 3.88. The van der Waals surface area contributed by atoms with Crippen molar-refractivity contribution in [2.75, 3.05) is 28.2 Å². The molecule has 0 aliphatic heterocycles. The Hall–Kier alpha value is -1.58. The molecule has 0 atom stereocenters. The molecule has 0 fully saturated rings. The number of ketones is 2. The van der Waals surface area contributed by atoms with Crippen LogP contribution in [0.2, 0.25) is 0 Å². The molecule has 0 saturated carbocycles. The molecule has 1 rings (SSSR count). The smallest absolute Gasteiger partial charge is 0.207 e. The largest absolute Gasteiger partial charge is 0.374 e. The average molecular weight is 208 g/mol. The molecule has 0 spiro atoms. The van der Waals surface area contributed by atoms with Crippen molar-refractivity contribution in [3.63, 3.8) is 0 Å². The summed E-state index contributed by atoms with van der Waals surface area (Å²) in [5.74, 6) is -0.191. The van der Waals surface area contributed by atoms with Gasteiger partial charge in [-0.25, -0.2) is 0 Å². The number of hydrogen-bond acceptors (Lipinski definition) is 4. The molecule has 1 aliphatic rings. The van der Waals surface area contributed by atoms with Crippen LogP contribution in [0.5, 0.6) is 0 Å². The van der Waals surface area contributed by atoms with Gasteiger partial charge in [-0.3, -0.25) is 9.59 Å². The molecule has 0 saturated heterocycles. The first kappa shape index (κ1) is 11.5. The molecule has 0 heterocycles. The van der Waals surface area contributed by atoms with Crippen molar-refractivity contribution in [3.05, 3.63) is 23.0 Å². The Morgan fingerprint density at radius 2 is 1.53 bits per heavy atom. The molecular weight excluding hydrogens is 192 g/mol. The van der Waals surface area contributed by atoms with Gasteiger partial charge in [0.05, 0.1) is 11.4 Å². The summed E-state index contributed by atoms with van der Waals surface area (Å²) < 4.78 is 0. The van der Waals surface area contributed by atoms with Gasteiger partial charge in [0.2, 0.25) is 11.6 Å². The van der Waals surface area contributed by atoms with E-state index in [0.29, 0.717) is 17.0 Å². The second-order valence-corrected chi connectivity index (χ2v) is 3.99. The van der Waals surface area contributed by atoms with Gasteiger partial charge >= 0.3 is 0 Å². The highest BCUT2D eigenvalue weighted by atomic mass is 16.1. The number of carbonyl (C=O) groups excluding carboxylic acids is 2. The van der Waals surface area contributed by atoms with Crippen LogP contribution in [0.3, 0.4) is 0 Å². The summed E-state index contributed by atoms with van der Waals surface area (Å²) in [6, 6.07) is 0. The van der Waals surface area contributed by atoms with E-state index >= 15 is 0 Å². The lowest BCUT2D eigenvalue weighted by Gasteiger charge is -2.25. The minimum atomic E-state index is -0.110. The molecule has 0 aromatic carbocycles. The molecule has 15 heavy (non-hydrogen) atoms. The summed E-state index contributed by atoms with van der Waals surface area (Å²) in [6.45, 7) is 1.69.